The average molecular weight is 356 g/mol. The van der Waals surface area contributed by atoms with Crippen molar-refractivity contribution >= 4 is 11.4 Å². The highest BCUT2D eigenvalue weighted by Crippen LogP contribution is 2.19. The maximum absolute atomic E-state index is 11.3. The molecule has 2 heterocycles. The Labute approximate surface area is 152 Å². The first kappa shape index (κ1) is 18.1. The fraction of sp³-hybridized carbons (Fsp3) is 0.421. The topological polar surface area (TPSA) is 97.6 Å². The van der Waals surface area contributed by atoms with Gasteiger partial charge in [-0.25, -0.2) is 4.98 Å². The molecule has 0 aliphatic carbocycles. The molecule has 1 aromatic heterocycles. The van der Waals surface area contributed by atoms with Gasteiger partial charge in [0.1, 0.15) is 18.0 Å². The Bertz CT molecular complexity index is 834. The number of aromatic nitrogens is 1. The maximum atomic E-state index is 11.3. The number of ether oxygens (including phenoxy) is 1. The van der Waals surface area contributed by atoms with E-state index in [-0.39, 0.29) is 11.4 Å². The van der Waals surface area contributed by atoms with Gasteiger partial charge in [-0.05, 0) is 38.1 Å². The second-order valence-electron chi connectivity index (χ2n) is 6.41. The molecule has 3 N–H and O–H groups in total. The fourth-order valence-electron chi connectivity index (χ4n) is 3.06. The number of hydrogen-bond donors (Lipinski definition) is 2. The smallest absolute Gasteiger partial charge is 0.253 e. The Hall–Kier alpha value is -2.67. The van der Waals surface area contributed by atoms with Crippen LogP contribution in [0, 0.1) is 0 Å². The van der Waals surface area contributed by atoms with Crippen LogP contribution in [0.15, 0.2) is 40.1 Å². The van der Waals surface area contributed by atoms with Crippen molar-refractivity contribution in [3.63, 3.8) is 0 Å². The van der Waals surface area contributed by atoms with Crippen molar-refractivity contribution < 1.29 is 4.74 Å². The van der Waals surface area contributed by atoms with E-state index >= 15 is 0 Å². The van der Waals surface area contributed by atoms with E-state index in [0.29, 0.717) is 19.0 Å². The van der Waals surface area contributed by atoms with E-state index in [4.69, 9.17) is 10.5 Å². The summed E-state index contributed by atoms with van der Waals surface area (Å²) in [5.74, 6) is 0.655. The van der Waals surface area contributed by atoms with E-state index in [2.05, 4.69) is 21.3 Å². The number of likely N-dealkylation sites (tertiary alicyclic amines) is 1. The van der Waals surface area contributed by atoms with Crippen LogP contribution in [0.5, 0.6) is 5.88 Å². The van der Waals surface area contributed by atoms with Crippen LogP contribution < -0.4 is 26.6 Å². The number of piperidine rings is 1. The molecular formula is C19H24N4O3. The molecule has 1 saturated heterocycles. The normalized spacial score (nSPS) is 15.5. The Morgan fingerprint density at radius 3 is 2.77 bits per heavy atom. The molecule has 0 amide bonds. The molecule has 3 rings (SSSR count). The number of nitrogens with zero attached hydrogens (tertiary/aromatic N) is 2. The first-order valence-corrected chi connectivity index (χ1v) is 8.93. The molecule has 2 aromatic rings. The molecule has 7 nitrogen and oxygen atoms in total. The Balaban J connectivity index is 1.45. The lowest BCUT2D eigenvalue weighted by molar-refractivity contribution is 0.216. The van der Waals surface area contributed by atoms with Gasteiger partial charge in [-0.1, -0.05) is 18.6 Å². The van der Waals surface area contributed by atoms with Crippen LogP contribution in [0.1, 0.15) is 24.8 Å². The van der Waals surface area contributed by atoms with Gasteiger partial charge in [-0.15, -0.1) is 0 Å². The lowest BCUT2D eigenvalue weighted by Gasteiger charge is -2.26. The molecular weight excluding hydrogens is 332 g/mol. The van der Waals surface area contributed by atoms with E-state index < -0.39 is 10.9 Å². The maximum Gasteiger partial charge on any atom is 0.253 e. The Morgan fingerprint density at radius 1 is 1.19 bits per heavy atom. The molecule has 1 fully saturated rings. The van der Waals surface area contributed by atoms with Crippen LogP contribution in [-0.4, -0.2) is 36.1 Å². The summed E-state index contributed by atoms with van der Waals surface area (Å²) in [5.41, 5.74) is 5.59. The number of nitrogens with one attached hydrogen (secondary N) is 1. The van der Waals surface area contributed by atoms with Crippen LogP contribution in [0.2, 0.25) is 0 Å². The summed E-state index contributed by atoms with van der Waals surface area (Å²) >= 11 is 0. The highest BCUT2D eigenvalue weighted by atomic mass is 16.5. The third-order valence-electron chi connectivity index (χ3n) is 4.52. The third kappa shape index (κ3) is 4.29. The lowest BCUT2D eigenvalue weighted by atomic mass is 10.1. The van der Waals surface area contributed by atoms with E-state index in [1.54, 1.807) is 6.20 Å². The van der Waals surface area contributed by atoms with Gasteiger partial charge in [-0.2, -0.15) is 0 Å². The summed E-state index contributed by atoms with van der Waals surface area (Å²) in [6.45, 7) is 3.90. The Morgan fingerprint density at radius 2 is 2.00 bits per heavy atom. The van der Waals surface area contributed by atoms with E-state index in [0.717, 1.165) is 25.2 Å². The molecule has 0 saturated carbocycles. The second kappa shape index (κ2) is 8.62. The van der Waals surface area contributed by atoms with E-state index in [1.165, 1.54) is 19.3 Å². The largest absolute Gasteiger partial charge is 0.473 e. The van der Waals surface area contributed by atoms with Crippen LogP contribution >= 0.6 is 0 Å². The van der Waals surface area contributed by atoms with Gasteiger partial charge >= 0.3 is 0 Å². The fourth-order valence-corrected chi connectivity index (χ4v) is 3.06. The molecule has 1 aliphatic heterocycles. The summed E-state index contributed by atoms with van der Waals surface area (Å²) in [6, 6.07) is 3.98. The number of nitrogens with two attached hydrogens (primary N) is 1. The molecule has 0 atom stereocenters. The van der Waals surface area contributed by atoms with Crippen molar-refractivity contribution in [3.8, 4) is 5.88 Å². The van der Waals surface area contributed by atoms with Gasteiger partial charge in [0.2, 0.25) is 5.88 Å². The van der Waals surface area contributed by atoms with Gasteiger partial charge in [0, 0.05) is 24.8 Å². The molecule has 1 aromatic carbocycles. The number of anilines is 2. The number of rotatable bonds is 8. The van der Waals surface area contributed by atoms with Gasteiger partial charge in [0.05, 0.1) is 0 Å². The molecule has 0 spiro atoms. The number of nitrogen functional groups attached to an aromatic ring is 1. The summed E-state index contributed by atoms with van der Waals surface area (Å²) in [7, 11) is 0. The molecule has 0 unspecified atom stereocenters. The van der Waals surface area contributed by atoms with Crippen molar-refractivity contribution in [2.75, 3.05) is 37.3 Å². The summed E-state index contributed by atoms with van der Waals surface area (Å²) in [6.07, 6.45) is 9.21. The number of pyridine rings is 1. The molecule has 1 aliphatic rings. The van der Waals surface area contributed by atoms with Crippen LogP contribution in [0.3, 0.4) is 0 Å². The van der Waals surface area contributed by atoms with Crippen LogP contribution in [0.4, 0.5) is 11.4 Å². The van der Waals surface area contributed by atoms with Crippen molar-refractivity contribution in [1.82, 2.24) is 9.88 Å². The minimum absolute atomic E-state index is 0.00971. The molecule has 7 heteroatoms. The first-order valence-electron chi connectivity index (χ1n) is 8.93. The van der Waals surface area contributed by atoms with E-state index in [1.807, 2.05) is 18.2 Å². The lowest BCUT2D eigenvalue weighted by Crippen LogP contribution is -2.37. The van der Waals surface area contributed by atoms with Crippen LogP contribution in [-0.2, 0) is 6.54 Å². The van der Waals surface area contributed by atoms with Crippen molar-refractivity contribution in [1.29, 1.82) is 0 Å². The summed E-state index contributed by atoms with van der Waals surface area (Å²) < 4.78 is 5.78. The quantitative estimate of drug-likeness (QED) is 0.543. The predicted octanol–water partition coefficient (Wildman–Crippen LogP) is 1.29. The van der Waals surface area contributed by atoms with Gasteiger partial charge in [0.25, 0.3) is 10.9 Å². The van der Waals surface area contributed by atoms with Crippen molar-refractivity contribution in [3.05, 3.63) is 56.5 Å². The van der Waals surface area contributed by atoms with E-state index in [9.17, 15) is 9.59 Å². The van der Waals surface area contributed by atoms with Gasteiger partial charge in [0.15, 0.2) is 0 Å². The molecule has 26 heavy (non-hydrogen) atoms. The zero-order valence-electron chi connectivity index (χ0n) is 14.7. The minimum atomic E-state index is -0.615. The monoisotopic (exact) mass is 356 g/mol. The van der Waals surface area contributed by atoms with Crippen LogP contribution in [0.25, 0.3) is 0 Å². The van der Waals surface area contributed by atoms with Crippen molar-refractivity contribution in [2.24, 2.45) is 0 Å². The molecule has 138 valence electrons. The molecule has 0 radical (unpaired) electrons. The average Bonchev–Trinajstić information content (AvgIpc) is 2.68. The first-order chi connectivity index (χ1) is 12.7. The Kier molecular flexibility index (Phi) is 6.01. The summed E-state index contributed by atoms with van der Waals surface area (Å²) in [5, 5.41) is 2.83. The highest BCUT2D eigenvalue weighted by Gasteiger charge is 2.16. The predicted molar refractivity (Wildman–Crippen MR) is 102 cm³/mol. The summed E-state index contributed by atoms with van der Waals surface area (Å²) in [4.78, 5) is 29.1. The zero-order chi connectivity index (χ0) is 18.4. The minimum Gasteiger partial charge on any atom is -0.473 e. The molecule has 0 bridgehead atoms. The van der Waals surface area contributed by atoms with Crippen molar-refractivity contribution in [2.45, 2.75) is 25.8 Å². The third-order valence-corrected chi connectivity index (χ3v) is 4.52. The SMILES string of the molecule is Nc1c(NC/C=C\COc2ncccc2CN2CCCCC2)c(=O)c1=O. The highest BCUT2D eigenvalue weighted by molar-refractivity contribution is 5.71. The number of hydrogen-bond acceptors (Lipinski definition) is 7. The van der Waals surface area contributed by atoms with Gasteiger partial charge in [-0.3, -0.25) is 14.5 Å². The van der Waals surface area contributed by atoms with Gasteiger partial charge < -0.3 is 15.8 Å². The zero-order valence-corrected chi connectivity index (χ0v) is 14.7. The standard InChI is InChI=1S/C19H24N4O3/c20-15-16(18(25)17(15)24)21-8-2-5-12-26-19-14(7-6-9-22-19)13-23-10-3-1-4-11-23/h2,5-7,9,21H,1,3-4,8,10-13,20H2/b5-2-. The second-order valence-corrected chi connectivity index (χ2v) is 6.41.